The minimum Gasteiger partial charge on any atom is -0.288 e. The summed E-state index contributed by atoms with van der Waals surface area (Å²) in [4.78, 5) is 0. The Hall–Kier alpha value is 0.270. The molecule has 9 heavy (non-hydrogen) atoms. The van der Waals surface area contributed by atoms with Crippen molar-refractivity contribution in [1.29, 1.82) is 0 Å². The molecule has 1 heterocycles. The zero-order chi connectivity index (χ0) is 6.91. The van der Waals surface area contributed by atoms with E-state index in [1.54, 1.807) is 0 Å². The van der Waals surface area contributed by atoms with Crippen LogP contribution in [0.15, 0.2) is 0 Å². The summed E-state index contributed by atoms with van der Waals surface area (Å²) in [5, 5.41) is 0. The van der Waals surface area contributed by atoms with Crippen molar-refractivity contribution in [2.75, 3.05) is 0 Å². The van der Waals surface area contributed by atoms with Gasteiger partial charge in [-0.1, -0.05) is 0 Å². The summed E-state index contributed by atoms with van der Waals surface area (Å²) in [6.45, 7) is 6.19. The topological polar surface area (TPSA) is 18.5 Å². The van der Waals surface area contributed by atoms with Crippen LogP contribution >= 0.6 is 12.3 Å². The quantitative estimate of drug-likeness (QED) is 0.490. The highest BCUT2D eigenvalue weighted by atomic mass is 32.2. The Labute approximate surface area is 60.3 Å². The first-order chi connectivity index (χ1) is 4.10. The van der Waals surface area contributed by atoms with Crippen LogP contribution in [-0.2, 0) is 8.37 Å². The van der Waals surface area contributed by atoms with E-state index in [9.17, 15) is 0 Å². The molecule has 0 N–H and O–H groups in total. The molecule has 0 spiro atoms. The summed E-state index contributed by atoms with van der Waals surface area (Å²) in [6, 6.07) is 0. The highest BCUT2D eigenvalue weighted by Gasteiger charge is 2.28. The standard InChI is InChI=1S/C6H12O2S/c1-5-4-6(2,3)8-9-7-5/h5H,4H2,1-3H3. The van der Waals surface area contributed by atoms with E-state index >= 15 is 0 Å². The second-order valence-electron chi connectivity index (χ2n) is 3.02. The van der Waals surface area contributed by atoms with Crippen molar-refractivity contribution in [3.8, 4) is 0 Å². The van der Waals surface area contributed by atoms with E-state index in [0.717, 1.165) is 18.7 Å². The third-order valence-corrected chi connectivity index (χ3v) is 2.17. The highest BCUT2D eigenvalue weighted by Crippen LogP contribution is 2.31. The number of hydrogen-bond acceptors (Lipinski definition) is 3. The normalized spacial score (nSPS) is 34.3. The molecule has 1 rings (SSSR count). The second kappa shape index (κ2) is 2.48. The molecular formula is C6H12O2S. The molecule has 0 saturated carbocycles. The summed E-state index contributed by atoms with van der Waals surface area (Å²) in [5.41, 5.74) is -0.0116. The van der Waals surface area contributed by atoms with E-state index in [0.29, 0.717) is 6.10 Å². The summed E-state index contributed by atoms with van der Waals surface area (Å²) in [6.07, 6.45) is 1.29. The third kappa shape index (κ3) is 2.16. The van der Waals surface area contributed by atoms with Crippen molar-refractivity contribution >= 4 is 12.3 Å². The molecule has 0 aromatic rings. The summed E-state index contributed by atoms with van der Waals surface area (Å²) >= 11 is 1.11. The molecular weight excluding hydrogens is 136 g/mol. The van der Waals surface area contributed by atoms with Crippen molar-refractivity contribution in [3.05, 3.63) is 0 Å². The molecule has 0 radical (unpaired) electrons. The van der Waals surface area contributed by atoms with Gasteiger partial charge in [0.2, 0.25) is 0 Å². The smallest absolute Gasteiger partial charge is 0.159 e. The van der Waals surface area contributed by atoms with Gasteiger partial charge in [-0.3, -0.25) is 8.37 Å². The predicted molar refractivity (Wildman–Crippen MR) is 37.9 cm³/mol. The number of rotatable bonds is 0. The predicted octanol–water partition coefficient (Wildman–Crippen LogP) is 2.15. The fourth-order valence-corrected chi connectivity index (χ4v) is 1.43. The van der Waals surface area contributed by atoms with E-state index in [-0.39, 0.29) is 5.60 Å². The van der Waals surface area contributed by atoms with Crippen LogP contribution in [0.5, 0.6) is 0 Å². The fourth-order valence-electron chi connectivity index (χ4n) is 0.939. The molecule has 3 heteroatoms. The first-order valence-electron chi connectivity index (χ1n) is 3.11. The summed E-state index contributed by atoms with van der Waals surface area (Å²) in [7, 11) is 0. The zero-order valence-electron chi connectivity index (χ0n) is 6.01. The van der Waals surface area contributed by atoms with Crippen molar-refractivity contribution in [2.24, 2.45) is 0 Å². The zero-order valence-corrected chi connectivity index (χ0v) is 6.83. The lowest BCUT2D eigenvalue weighted by Crippen LogP contribution is -2.31. The maximum atomic E-state index is 5.23. The Morgan fingerprint density at radius 3 is 2.56 bits per heavy atom. The van der Waals surface area contributed by atoms with Crippen LogP contribution < -0.4 is 0 Å². The first kappa shape index (κ1) is 7.38. The van der Waals surface area contributed by atoms with Crippen LogP contribution in [-0.4, -0.2) is 11.7 Å². The maximum Gasteiger partial charge on any atom is 0.159 e. The lowest BCUT2D eigenvalue weighted by molar-refractivity contribution is 0.0272. The second-order valence-corrected chi connectivity index (χ2v) is 3.52. The van der Waals surface area contributed by atoms with Crippen LogP contribution in [0.4, 0.5) is 0 Å². The van der Waals surface area contributed by atoms with E-state index in [4.69, 9.17) is 8.37 Å². The molecule has 0 aliphatic carbocycles. The van der Waals surface area contributed by atoms with Crippen LogP contribution in [0.2, 0.25) is 0 Å². The van der Waals surface area contributed by atoms with Crippen molar-refractivity contribution in [2.45, 2.75) is 38.9 Å². The summed E-state index contributed by atoms with van der Waals surface area (Å²) < 4.78 is 10.3. The van der Waals surface area contributed by atoms with Gasteiger partial charge >= 0.3 is 0 Å². The molecule has 2 nitrogen and oxygen atoms in total. The van der Waals surface area contributed by atoms with Gasteiger partial charge in [0.1, 0.15) is 0 Å². The molecule has 1 aliphatic rings. The average Bonchev–Trinajstić information content (AvgIpc) is 1.60. The molecule has 1 unspecified atom stereocenters. The molecule has 1 saturated heterocycles. The van der Waals surface area contributed by atoms with E-state index in [1.165, 1.54) is 0 Å². The molecule has 1 aliphatic heterocycles. The van der Waals surface area contributed by atoms with E-state index in [2.05, 4.69) is 20.8 Å². The van der Waals surface area contributed by atoms with Gasteiger partial charge in [0.15, 0.2) is 12.3 Å². The van der Waals surface area contributed by atoms with Gasteiger partial charge in [-0.25, -0.2) is 0 Å². The van der Waals surface area contributed by atoms with E-state index in [1.807, 2.05) is 0 Å². The van der Waals surface area contributed by atoms with Crippen molar-refractivity contribution in [3.63, 3.8) is 0 Å². The maximum absolute atomic E-state index is 5.23. The Bertz CT molecular complexity index is 103. The Morgan fingerprint density at radius 1 is 1.56 bits per heavy atom. The lowest BCUT2D eigenvalue weighted by atomic mass is 10.0. The van der Waals surface area contributed by atoms with Crippen LogP contribution in [0.3, 0.4) is 0 Å². The van der Waals surface area contributed by atoms with Crippen LogP contribution in [0.25, 0.3) is 0 Å². The molecule has 0 aromatic heterocycles. The van der Waals surface area contributed by atoms with E-state index < -0.39 is 0 Å². The monoisotopic (exact) mass is 148 g/mol. The number of hydrogen-bond donors (Lipinski definition) is 0. The lowest BCUT2D eigenvalue weighted by Gasteiger charge is -2.31. The summed E-state index contributed by atoms with van der Waals surface area (Å²) in [5.74, 6) is 0. The van der Waals surface area contributed by atoms with Gasteiger partial charge in [0, 0.05) is 6.42 Å². The first-order valence-corrected chi connectivity index (χ1v) is 3.78. The SMILES string of the molecule is CC1CC(C)(C)OSO1. The molecule has 0 aromatic carbocycles. The Morgan fingerprint density at radius 2 is 2.22 bits per heavy atom. The van der Waals surface area contributed by atoms with Gasteiger partial charge < -0.3 is 0 Å². The molecule has 0 amide bonds. The molecule has 1 atom stereocenters. The van der Waals surface area contributed by atoms with Gasteiger partial charge in [-0.05, 0) is 20.8 Å². The third-order valence-electron chi connectivity index (χ3n) is 1.24. The van der Waals surface area contributed by atoms with Crippen LogP contribution in [0, 0.1) is 0 Å². The Balaban J connectivity index is 2.41. The average molecular weight is 148 g/mol. The molecule has 54 valence electrons. The Kier molecular flexibility index (Phi) is 2.03. The molecule has 1 fully saturated rings. The van der Waals surface area contributed by atoms with Gasteiger partial charge in [-0.2, -0.15) is 0 Å². The fraction of sp³-hybridized carbons (Fsp3) is 1.00. The minimum atomic E-state index is -0.0116. The van der Waals surface area contributed by atoms with Crippen molar-refractivity contribution < 1.29 is 8.37 Å². The molecule has 0 bridgehead atoms. The van der Waals surface area contributed by atoms with Crippen LogP contribution in [0.1, 0.15) is 27.2 Å². The van der Waals surface area contributed by atoms with Gasteiger partial charge in [0.25, 0.3) is 0 Å². The highest BCUT2D eigenvalue weighted by molar-refractivity contribution is 7.89. The van der Waals surface area contributed by atoms with Crippen molar-refractivity contribution in [1.82, 2.24) is 0 Å². The van der Waals surface area contributed by atoms with Gasteiger partial charge in [-0.15, -0.1) is 0 Å². The largest absolute Gasteiger partial charge is 0.288 e. The van der Waals surface area contributed by atoms with Gasteiger partial charge in [0.05, 0.1) is 11.7 Å². The minimum absolute atomic E-state index is 0.0116.